The molecule has 0 aliphatic heterocycles. The monoisotopic (exact) mass is 362 g/mol. The van der Waals surface area contributed by atoms with Crippen molar-refractivity contribution in [3.05, 3.63) is 57.9 Å². The molecule has 3 aromatic rings. The molecule has 0 radical (unpaired) electrons. The third-order valence-electron chi connectivity index (χ3n) is 2.81. The number of halogens is 2. The Kier molecular flexibility index (Phi) is 3.81. The Hall–Kier alpha value is -2.05. The van der Waals surface area contributed by atoms with Crippen LogP contribution in [0.25, 0.3) is 17.2 Å². The van der Waals surface area contributed by atoms with Crippen molar-refractivity contribution in [1.82, 2.24) is 19.7 Å². The zero-order valence-electron chi connectivity index (χ0n) is 10.6. The van der Waals surface area contributed by atoms with Crippen LogP contribution in [-0.2, 0) is 0 Å². The van der Waals surface area contributed by atoms with Crippen LogP contribution in [0.15, 0.2) is 47.3 Å². The van der Waals surface area contributed by atoms with E-state index < -0.39 is 0 Å². The molecule has 104 valence electrons. The Morgan fingerprint density at radius 1 is 1.24 bits per heavy atom. The molecule has 7 heteroatoms. The average Bonchev–Trinajstić information content (AvgIpc) is 2.92. The van der Waals surface area contributed by atoms with Gasteiger partial charge in [-0.2, -0.15) is 5.10 Å². The fourth-order valence-electron chi connectivity index (χ4n) is 1.88. The van der Waals surface area contributed by atoms with Gasteiger partial charge in [-0.15, -0.1) is 0 Å². The van der Waals surface area contributed by atoms with E-state index in [4.69, 9.17) is 11.6 Å². The van der Waals surface area contributed by atoms with E-state index in [1.807, 2.05) is 6.07 Å². The van der Waals surface area contributed by atoms with Crippen LogP contribution in [-0.4, -0.2) is 26.0 Å². The van der Waals surface area contributed by atoms with Crippen molar-refractivity contribution >= 4 is 33.8 Å². The predicted octanol–water partition coefficient (Wildman–Crippen LogP) is 3.56. The fourth-order valence-corrected chi connectivity index (χ4v) is 2.64. The molecule has 0 unspecified atom stereocenters. The summed E-state index contributed by atoms with van der Waals surface area (Å²) in [6.45, 7) is 0. The van der Waals surface area contributed by atoms with Crippen LogP contribution in [0.5, 0.6) is 0 Å². The van der Waals surface area contributed by atoms with Crippen LogP contribution < -0.4 is 0 Å². The molecule has 0 amide bonds. The van der Waals surface area contributed by atoms with Gasteiger partial charge in [0.2, 0.25) is 5.95 Å². The van der Waals surface area contributed by atoms with Gasteiger partial charge in [-0.05, 0) is 18.2 Å². The van der Waals surface area contributed by atoms with Crippen molar-refractivity contribution in [3.8, 4) is 17.2 Å². The first-order valence-electron chi connectivity index (χ1n) is 5.96. The highest BCUT2D eigenvalue weighted by Crippen LogP contribution is 2.31. The lowest BCUT2D eigenvalue weighted by Crippen LogP contribution is -2.00. The molecule has 3 rings (SSSR count). The van der Waals surface area contributed by atoms with Crippen molar-refractivity contribution in [2.75, 3.05) is 0 Å². The van der Waals surface area contributed by atoms with Gasteiger partial charge in [-0.3, -0.25) is 4.79 Å². The molecule has 0 aliphatic carbocycles. The third-order valence-corrected chi connectivity index (χ3v) is 3.62. The average molecular weight is 364 g/mol. The highest BCUT2D eigenvalue weighted by Gasteiger charge is 2.15. The van der Waals surface area contributed by atoms with Crippen molar-refractivity contribution in [3.63, 3.8) is 0 Å². The summed E-state index contributed by atoms with van der Waals surface area (Å²) < 4.78 is 2.31. The topological polar surface area (TPSA) is 60.7 Å². The largest absolute Gasteiger partial charge is 0.298 e. The van der Waals surface area contributed by atoms with Crippen molar-refractivity contribution < 1.29 is 4.79 Å². The summed E-state index contributed by atoms with van der Waals surface area (Å²) in [5.41, 5.74) is 1.60. The SMILES string of the molecule is O=Cc1cn(-c2ncccn2)nc1-c1ccc(Br)cc1Cl. The summed E-state index contributed by atoms with van der Waals surface area (Å²) in [5.74, 6) is 0.389. The van der Waals surface area contributed by atoms with E-state index in [0.717, 1.165) is 10.8 Å². The van der Waals surface area contributed by atoms with Gasteiger partial charge in [0.15, 0.2) is 6.29 Å². The molecular weight excluding hydrogens is 356 g/mol. The summed E-state index contributed by atoms with van der Waals surface area (Å²) in [6.07, 6.45) is 5.53. The number of hydrogen-bond acceptors (Lipinski definition) is 4. The lowest BCUT2D eigenvalue weighted by molar-refractivity contribution is 0.112. The summed E-state index contributed by atoms with van der Waals surface area (Å²) >= 11 is 9.57. The van der Waals surface area contributed by atoms with Gasteiger partial charge in [0.1, 0.15) is 5.69 Å². The lowest BCUT2D eigenvalue weighted by atomic mass is 10.1. The molecule has 1 aromatic carbocycles. The van der Waals surface area contributed by atoms with Crippen molar-refractivity contribution in [2.45, 2.75) is 0 Å². The molecule has 0 N–H and O–H groups in total. The third kappa shape index (κ3) is 2.72. The van der Waals surface area contributed by atoms with E-state index in [0.29, 0.717) is 27.8 Å². The maximum Gasteiger partial charge on any atom is 0.250 e. The summed E-state index contributed by atoms with van der Waals surface area (Å²) in [6, 6.07) is 7.11. The number of aldehydes is 1. The summed E-state index contributed by atoms with van der Waals surface area (Å²) in [7, 11) is 0. The predicted molar refractivity (Wildman–Crippen MR) is 82.7 cm³/mol. The molecule has 2 heterocycles. The second kappa shape index (κ2) is 5.75. The van der Waals surface area contributed by atoms with Gasteiger partial charge in [0.25, 0.3) is 0 Å². The Labute approximate surface area is 133 Å². The second-order valence-corrected chi connectivity index (χ2v) is 5.49. The van der Waals surface area contributed by atoms with Crippen molar-refractivity contribution in [2.24, 2.45) is 0 Å². The normalized spacial score (nSPS) is 10.6. The molecule has 0 spiro atoms. The van der Waals surface area contributed by atoms with Gasteiger partial charge in [0, 0.05) is 28.6 Å². The van der Waals surface area contributed by atoms with E-state index in [-0.39, 0.29) is 0 Å². The van der Waals surface area contributed by atoms with E-state index in [1.165, 1.54) is 4.68 Å². The Morgan fingerprint density at radius 3 is 2.67 bits per heavy atom. The number of aromatic nitrogens is 4. The minimum Gasteiger partial charge on any atom is -0.298 e. The molecule has 0 bridgehead atoms. The van der Waals surface area contributed by atoms with Crippen LogP contribution in [0, 0.1) is 0 Å². The summed E-state index contributed by atoms with van der Waals surface area (Å²) in [5, 5.41) is 4.88. The van der Waals surface area contributed by atoms with E-state index in [2.05, 4.69) is 31.0 Å². The molecular formula is C14H8BrClN4O. The van der Waals surface area contributed by atoms with Crippen LogP contribution >= 0.6 is 27.5 Å². The Balaban J connectivity index is 2.15. The molecule has 0 saturated carbocycles. The molecule has 0 atom stereocenters. The number of benzene rings is 1. The maximum atomic E-state index is 11.3. The molecule has 21 heavy (non-hydrogen) atoms. The second-order valence-electron chi connectivity index (χ2n) is 4.17. The van der Waals surface area contributed by atoms with E-state index in [9.17, 15) is 4.79 Å². The number of carbonyl (C=O) groups is 1. The number of hydrogen-bond donors (Lipinski definition) is 0. The molecule has 2 aromatic heterocycles. The first-order valence-corrected chi connectivity index (χ1v) is 7.14. The molecule has 5 nitrogen and oxygen atoms in total. The first kappa shape index (κ1) is 13.9. The number of nitrogens with zero attached hydrogens (tertiary/aromatic N) is 4. The van der Waals surface area contributed by atoms with Gasteiger partial charge in [-0.25, -0.2) is 14.6 Å². The van der Waals surface area contributed by atoms with Gasteiger partial charge < -0.3 is 0 Å². The zero-order chi connectivity index (χ0) is 14.8. The smallest absolute Gasteiger partial charge is 0.250 e. The molecule has 0 saturated heterocycles. The van der Waals surface area contributed by atoms with E-state index in [1.54, 1.807) is 36.8 Å². The molecule has 0 fully saturated rings. The zero-order valence-corrected chi connectivity index (χ0v) is 12.9. The van der Waals surface area contributed by atoms with Gasteiger partial charge in [0.05, 0.1) is 10.6 Å². The van der Waals surface area contributed by atoms with E-state index >= 15 is 0 Å². The minimum atomic E-state index is 0.389. The van der Waals surface area contributed by atoms with Crippen LogP contribution in [0.2, 0.25) is 5.02 Å². The Bertz CT molecular complexity index is 804. The highest BCUT2D eigenvalue weighted by atomic mass is 79.9. The van der Waals surface area contributed by atoms with Crippen LogP contribution in [0.3, 0.4) is 0 Å². The fraction of sp³-hybridized carbons (Fsp3) is 0. The number of carbonyl (C=O) groups excluding carboxylic acids is 1. The van der Waals surface area contributed by atoms with Gasteiger partial charge >= 0.3 is 0 Å². The van der Waals surface area contributed by atoms with Crippen LogP contribution in [0.1, 0.15) is 10.4 Å². The Morgan fingerprint density at radius 2 is 2.00 bits per heavy atom. The van der Waals surface area contributed by atoms with Crippen molar-refractivity contribution in [1.29, 1.82) is 0 Å². The first-order chi connectivity index (χ1) is 10.2. The standard InChI is InChI=1S/C14H8BrClN4O/c15-10-2-3-11(12(16)6-10)13-9(8-21)7-20(19-13)14-17-4-1-5-18-14/h1-8H. The minimum absolute atomic E-state index is 0.389. The maximum absolute atomic E-state index is 11.3. The quantitative estimate of drug-likeness (QED) is 0.668. The molecule has 0 aliphatic rings. The van der Waals surface area contributed by atoms with Crippen LogP contribution in [0.4, 0.5) is 0 Å². The lowest BCUT2D eigenvalue weighted by Gasteiger charge is -2.02. The highest BCUT2D eigenvalue weighted by molar-refractivity contribution is 9.10. The van der Waals surface area contributed by atoms with Gasteiger partial charge in [-0.1, -0.05) is 33.6 Å². The number of rotatable bonds is 3. The summed E-state index contributed by atoms with van der Waals surface area (Å²) in [4.78, 5) is 19.5.